The molecule has 2 rings (SSSR count). The molecule has 1 saturated carbocycles. The molecule has 0 aliphatic heterocycles. The first-order valence-electron chi connectivity index (χ1n) is 5.57. The summed E-state index contributed by atoms with van der Waals surface area (Å²) in [6.45, 7) is 0. The van der Waals surface area contributed by atoms with Gasteiger partial charge in [0.2, 0.25) is 5.88 Å². The highest BCUT2D eigenvalue weighted by Gasteiger charge is 2.21. The largest absolute Gasteiger partial charge is 0.481 e. The Labute approximate surface area is 95.0 Å². The lowest BCUT2D eigenvalue weighted by atomic mass is 9.94. The van der Waals surface area contributed by atoms with Gasteiger partial charge in [0.15, 0.2) is 0 Å². The average molecular weight is 223 g/mol. The summed E-state index contributed by atoms with van der Waals surface area (Å²) in [5, 5.41) is 0. The van der Waals surface area contributed by atoms with Crippen LogP contribution in [-0.2, 0) is 0 Å². The molecular formula is C11H17N3O2. The summed E-state index contributed by atoms with van der Waals surface area (Å²) in [6.07, 6.45) is 5.85. The molecule has 1 heterocycles. The minimum Gasteiger partial charge on any atom is -0.481 e. The van der Waals surface area contributed by atoms with Crippen LogP contribution in [0.4, 0.5) is 0 Å². The van der Waals surface area contributed by atoms with Crippen molar-refractivity contribution in [1.29, 1.82) is 0 Å². The highest BCUT2D eigenvalue weighted by molar-refractivity contribution is 5.11. The third kappa shape index (κ3) is 2.82. The minimum absolute atomic E-state index is 0.135. The molecule has 2 N–H and O–H groups in total. The van der Waals surface area contributed by atoms with E-state index in [-0.39, 0.29) is 12.1 Å². The first-order chi connectivity index (χ1) is 7.78. The first-order valence-corrected chi connectivity index (χ1v) is 5.57. The lowest BCUT2D eigenvalue weighted by Crippen LogP contribution is -2.34. The van der Waals surface area contributed by atoms with Gasteiger partial charge in [0.25, 0.3) is 0 Å². The molecule has 88 valence electrons. The van der Waals surface area contributed by atoms with Crippen molar-refractivity contribution in [3.8, 4) is 11.9 Å². The summed E-state index contributed by atoms with van der Waals surface area (Å²) in [5.74, 6) is 0.519. The predicted molar refractivity (Wildman–Crippen MR) is 59.4 cm³/mol. The predicted octanol–water partition coefficient (Wildman–Crippen LogP) is 1.13. The van der Waals surface area contributed by atoms with Crippen molar-refractivity contribution in [3.05, 3.63) is 12.3 Å². The average Bonchev–Trinajstić information content (AvgIpc) is 2.29. The number of nitrogens with zero attached hydrogens (tertiary/aromatic N) is 2. The number of methoxy groups -OCH3 is 1. The van der Waals surface area contributed by atoms with Crippen molar-refractivity contribution < 1.29 is 9.47 Å². The zero-order valence-electron chi connectivity index (χ0n) is 9.43. The van der Waals surface area contributed by atoms with Gasteiger partial charge in [-0.05, 0) is 25.7 Å². The Bertz CT molecular complexity index is 346. The van der Waals surface area contributed by atoms with E-state index in [2.05, 4.69) is 9.97 Å². The number of rotatable bonds is 3. The normalized spacial score (nSPS) is 25.1. The monoisotopic (exact) mass is 223 g/mol. The van der Waals surface area contributed by atoms with Crippen molar-refractivity contribution >= 4 is 0 Å². The molecule has 16 heavy (non-hydrogen) atoms. The van der Waals surface area contributed by atoms with Gasteiger partial charge >= 0.3 is 6.01 Å². The lowest BCUT2D eigenvalue weighted by Gasteiger charge is -2.26. The number of hydrogen-bond acceptors (Lipinski definition) is 5. The molecule has 1 fully saturated rings. The van der Waals surface area contributed by atoms with E-state index in [4.69, 9.17) is 15.2 Å². The third-order valence-electron chi connectivity index (χ3n) is 2.76. The molecule has 0 radical (unpaired) electrons. The van der Waals surface area contributed by atoms with E-state index < -0.39 is 0 Å². The van der Waals surface area contributed by atoms with Gasteiger partial charge in [0.1, 0.15) is 6.10 Å². The fourth-order valence-corrected chi connectivity index (χ4v) is 1.93. The van der Waals surface area contributed by atoms with Crippen LogP contribution in [0.2, 0.25) is 0 Å². The van der Waals surface area contributed by atoms with E-state index in [1.807, 2.05) is 0 Å². The molecule has 2 atom stereocenters. The molecule has 1 aliphatic rings. The molecule has 5 nitrogen and oxygen atoms in total. The van der Waals surface area contributed by atoms with Gasteiger partial charge in [-0.1, -0.05) is 0 Å². The summed E-state index contributed by atoms with van der Waals surface area (Å²) in [5.41, 5.74) is 5.89. The SMILES string of the molecule is COc1ccnc(OC2CCCC(N)C2)n1. The molecule has 0 saturated heterocycles. The number of aromatic nitrogens is 2. The Morgan fingerprint density at radius 1 is 1.44 bits per heavy atom. The maximum absolute atomic E-state index is 5.89. The van der Waals surface area contributed by atoms with E-state index in [0.717, 1.165) is 25.7 Å². The molecular weight excluding hydrogens is 206 g/mol. The zero-order chi connectivity index (χ0) is 11.4. The Kier molecular flexibility index (Phi) is 3.56. The quantitative estimate of drug-likeness (QED) is 0.831. The fraction of sp³-hybridized carbons (Fsp3) is 0.636. The van der Waals surface area contributed by atoms with Crippen LogP contribution >= 0.6 is 0 Å². The zero-order valence-corrected chi connectivity index (χ0v) is 9.43. The fourth-order valence-electron chi connectivity index (χ4n) is 1.93. The Morgan fingerprint density at radius 3 is 3.06 bits per heavy atom. The van der Waals surface area contributed by atoms with E-state index in [1.165, 1.54) is 0 Å². The van der Waals surface area contributed by atoms with Gasteiger partial charge in [-0.25, -0.2) is 4.98 Å². The molecule has 0 spiro atoms. The summed E-state index contributed by atoms with van der Waals surface area (Å²) < 4.78 is 10.7. The summed E-state index contributed by atoms with van der Waals surface area (Å²) in [6, 6.07) is 2.31. The minimum atomic E-state index is 0.135. The van der Waals surface area contributed by atoms with Crippen LogP contribution in [-0.4, -0.2) is 29.2 Å². The van der Waals surface area contributed by atoms with E-state index in [0.29, 0.717) is 11.9 Å². The molecule has 0 aromatic carbocycles. The van der Waals surface area contributed by atoms with E-state index >= 15 is 0 Å². The second-order valence-corrected chi connectivity index (χ2v) is 4.05. The first kappa shape index (κ1) is 11.1. The number of hydrogen-bond donors (Lipinski definition) is 1. The molecule has 0 amide bonds. The molecule has 0 bridgehead atoms. The maximum Gasteiger partial charge on any atom is 0.319 e. The molecule has 1 aromatic heterocycles. The molecule has 5 heteroatoms. The highest BCUT2D eigenvalue weighted by atomic mass is 16.5. The van der Waals surface area contributed by atoms with Crippen molar-refractivity contribution in [2.45, 2.75) is 37.8 Å². The van der Waals surface area contributed by atoms with Crippen LogP contribution in [0.25, 0.3) is 0 Å². The van der Waals surface area contributed by atoms with Gasteiger partial charge in [0.05, 0.1) is 7.11 Å². The summed E-state index contributed by atoms with van der Waals surface area (Å²) in [4.78, 5) is 8.17. The Hall–Kier alpha value is -1.36. The van der Waals surface area contributed by atoms with Gasteiger partial charge in [-0.2, -0.15) is 4.98 Å². The molecule has 1 aliphatic carbocycles. The van der Waals surface area contributed by atoms with Crippen molar-refractivity contribution in [3.63, 3.8) is 0 Å². The van der Waals surface area contributed by atoms with Gasteiger partial charge < -0.3 is 15.2 Å². The van der Waals surface area contributed by atoms with E-state index in [1.54, 1.807) is 19.4 Å². The second kappa shape index (κ2) is 5.12. The topological polar surface area (TPSA) is 70.3 Å². The number of nitrogens with two attached hydrogens (primary N) is 1. The number of ether oxygens (including phenoxy) is 2. The second-order valence-electron chi connectivity index (χ2n) is 4.05. The Balaban J connectivity index is 1.97. The molecule has 2 unspecified atom stereocenters. The van der Waals surface area contributed by atoms with Gasteiger partial charge in [-0.15, -0.1) is 0 Å². The van der Waals surface area contributed by atoms with Crippen LogP contribution in [0, 0.1) is 0 Å². The maximum atomic E-state index is 5.89. The Morgan fingerprint density at radius 2 is 2.31 bits per heavy atom. The van der Waals surface area contributed by atoms with Gasteiger partial charge in [-0.3, -0.25) is 0 Å². The van der Waals surface area contributed by atoms with Crippen LogP contribution in [0.3, 0.4) is 0 Å². The summed E-state index contributed by atoms with van der Waals surface area (Å²) in [7, 11) is 1.57. The smallest absolute Gasteiger partial charge is 0.319 e. The molecule has 1 aromatic rings. The lowest BCUT2D eigenvalue weighted by molar-refractivity contribution is 0.131. The van der Waals surface area contributed by atoms with E-state index in [9.17, 15) is 0 Å². The standard InChI is InChI=1S/C11H17N3O2/c1-15-10-5-6-13-11(14-10)16-9-4-2-3-8(12)7-9/h5-6,8-9H,2-4,7,12H2,1H3. The third-order valence-corrected chi connectivity index (χ3v) is 2.76. The highest BCUT2D eigenvalue weighted by Crippen LogP contribution is 2.21. The van der Waals surface area contributed by atoms with Crippen molar-refractivity contribution in [1.82, 2.24) is 9.97 Å². The van der Waals surface area contributed by atoms with Crippen LogP contribution in [0.15, 0.2) is 12.3 Å². The van der Waals surface area contributed by atoms with Gasteiger partial charge in [0, 0.05) is 18.3 Å². The van der Waals surface area contributed by atoms with Crippen LogP contribution in [0.5, 0.6) is 11.9 Å². The van der Waals surface area contributed by atoms with Crippen LogP contribution < -0.4 is 15.2 Å². The van der Waals surface area contributed by atoms with Crippen molar-refractivity contribution in [2.24, 2.45) is 5.73 Å². The summed E-state index contributed by atoms with van der Waals surface area (Å²) >= 11 is 0. The van der Waals surface area contributed by atoms with Crippen LogP contribution in [0.1, 0.15) is 25.7 Å². The van der Waals surface area contributed by atoms with Crippen molar-refractivity contribution in [2.75, 3.05) is 7.11 Å².